The molecule has 0 bridgehead atoms. The monoisotopic (exact) mass is 353 g/mol. The molecule has 0 fully saturated rings. The Kier molecular flexibility index (Phi) is 6.10. The van der Waals surface area contributed by atoms with Crippen molar-refractivity contribution in [3.63, 3.8) is 0 Å². The lowest BCUT2D eigenvalue weighted by Gasteiger charge is -2.30. The fourth-order valence-corrected chi connectivity index (χ4v) is 3.07. The summed E-state index contributed by atoms with van der Waals surface area (Å²) in [4.78, 5) is 24.3. The Labute approximate surface area is 142 Å². The van der Waals surface area contributed by atoms with Crippen molar-refractivity contribution < 1.29 is 27.8 Å². The predicted octanol–water partition coefficient (Wildman–Crippen LogP) is 1.84. The second-order valence-electron chi connectivity index (χ2n) is 5.15. The summed E-state index contributed by atoms with van der Waals surface area (Å²) < 4.78 is 31.2. The maximum atomic E-state index is 12.5. The number of allylic oxidation sites excluding steroid dienone is 1. The fraction of sp³-hybridized carbons (Fsp3) is 0.375. The quantitative estimate of drug-likeness (QED) is 0.620. The van der Waals surface area contributed by atoms with Gasteiger partial charge in [0.1, 0.15) is 5.75 Å². The van der Waals surface area contributed by atoms with Crippen LogP contribution < -0.4 is 4.74 Å². The molecule has 1 unspecified atom stereocenters. The Morgan fingerprint density at radius 2 is 2.00 bits per heavy atom. The van der Waals surface area contributed by atoms with Crippen molar-refractivity contribution in [2.75, 3.05) is 13.7 Å². The zero-order valence-electron chi connectivity index (χ0n) is 13.4. The molecule has 1 heterocycles. The summed E-state index contributed by atoms with van der Waals surface area (Å²) in [7, 11) is 1.55. The van der Waals surface area contributed by atoms with Crippen LogP contribution in [0.2, 0.25) is 0 Å². The predicted molar refractivity (Wildman–Crippen MR) is 87.2 cm³/mol. The van der Waals surface area contributed by atoms with Crippen LogP contribution >= 0.6 is 0 Å². The number of rotatable bonds is 6. The van der Waals surface area contributed by atoms with Crippen molar-refractivity contribution in [3.8, 4) is 5.75 Å². The largest absolute Gasteiger partial charge is 0.497 e. The van der Waals surface area contributed by atoms with Gasteiger partial charge in [0.05, 0.1) is 26.1 Å². The first kappa shape index (κ1) is 18.2. The van der Waals surface area contributed by atoms with Crippen molar-refractivity contribution in [1.82, 2.24) is 4.31 Å². The molecule has 1 aromatic carbocycles. The van der Waals surface area contributed by atoms with Gasteiger partial charge < -0.3 is 9.47 Å². The van der Waals surface area contributed by atoms with Crippen LogP contribution in [-0.2, 0) is 25.6 Å². The molecule has 130 valence electrons. The van der Waals surface area contributed by atoms with Crippen LogP contribution in [0.4, 0.5) is 0 Å². The van der Waals surface area contributed by atoms with Crippen molar-refractivity contribution in [3.05, 3.63) is 42.1 Å². The molecule has 0 radical (unpaired) electrons. The number of hydrogen-bond donors (Lipinski definition) is 1. The number of carbonyl (C=O) groups is 2. The molecule has 7 nitrogen and oxygen atoms in total. The van der Waals surface area contributed by atoms with E-state index in [2.05, 4.69) is 0 Å². The van der Waals surface area contributed by atoms with E-state index in [1.165, 1.54) is 6.20 Å². The summed E-state index contributed by atoms with van der Waals surface area (Å²) in [5, 5.41) is 0. The first-order valence-corrected chi connectivity index (χ1v) is 8.46. The Balaban J connectivity index is 2.33. The standard InChI is InChI=1S/C16H19NO6S/c1-3-23-15(18)10-14-13(8-9-17(16(14)19)24(20)21)11-4-6-12(22-2)7-5-11/h4-9,13-14H,3,10H2,1-2H3,(H,20,21)/t13-,14+/m1/s1. The van der Waals surface area contributed by atoms with Gasteiger partial charge >= 0.3 is 5.97 Å². The van der Waals surface area contributed by atoms with Crippen LogP contribution in [0.3, 0.4) is 0 Å². The van der Waals surface area contributed by atoms with Crippen LogP contribution in [0.5, 0.6) is 5.75 Å². The Bertz CT molecular complexity index is 657. The highest BCUT2D eigenvalue weighted by Crippen LogP contribution is 2.35. The normalized spacial score (nSPS) is 21.5. The van der Waals surface area contributed by atoms with Gasteiger partial charge in [-0.05, 0) is 24.6 Å². The highest BCUT2D eigenvalue weighted by atomic mass is 32.2. The second kappa shape index (κ2) is 8.07. The van der Waals surface area contributed by atoms with Gasteiger partial charge in [-0.25, -0.2) is 8.51 Å². The number of benzene rings is 1. The molecule has 0 aliphatic carbocycles. The van der Waals surface area contributed by atoms with E-state index in [9.17, 15) is 18.4 Å². The third-order valence-corrected chi connectivity index (χ3v) is 4.40. The summed E-state index contributed by atoms with van der Waals surface area (Å²) in [5.41, 5.74) is 0.804. The average Bonchev–Trinajstić information content (AvgIpc) is 2.56. The van der Waals surface area contributed by atoms with Gasteiger partial charge in [0, 0.05) is 12.1 Å². The molecule has 8 heteroatoms. The molecule has 1 aliphatic heterocycles. The smallest absolute Gasteiger partial charge is 0.306 e. The summed E-state index contributed by atoms with van der Waals surface area (Å²) in [6.07, 6.45) is 2.75. The van der Waals surface area contributed by atoms with E-state index in [0.717, 1.165) is 5.56 Å². The van der Waals surface area contributed by atoms with E-state index < -0.39 is 35.0 Å². The van der Waals surface area contributed by atoms with E-state index in [1.54, 1.807) is 44.4 Å². The number of nitrogens with zero attached hydrogens (tertiary/aromatic N) is 1. The van der Waals surface area contributed by atoms with E-state index in [4.69, 9.17) is 9.47 Å². The molecule has 1 aromatic rings. The summed E-state index contributed by atoms with van der Waals surface area (Å²) in [6, 6.07) is 7.10. The van der Waals surface area contributed by atoms with Crippen LogP contribution in [0.25, 0.3) is 0 Å². The molecule has 0 saturated carbocycles. The number of ether oxygens (including phenoxy) is 2. The Morgan fingerprint density at radius 1 is 1.33 bits per heavy atom. The van der Waals surface area contributed by atoms with Gasteiger partial charge in [-0.3, -0.25) is 14.1 Å². The lowest BCUT2D eigenvalue weighted by atomic mass is 9.81. The summed E-state index contributed by atoms with van der Waals surface area (Å²) >= 11 is -2.47. The lowest BCUT2D eigenvalue weighted by Crippen LogP contribution is -2.40. The first-order chi connectivity index (χ1) is 11.5. The van der Waals surface area contributed by atoms with Gasteiger partial charge in [0.2, 0.25) is 5.91 Å². The molecular formula is C16H19NO6S. The van der Waals surface area contributed by atoms with Crippen molar-refractivity contribution >= 4 is 23.1 Å². The minimum Gasteiger partial charge on any atom is -0.497 e. The summed E-state index contributed by atoms with van der Waals surface area (Å²) in [5.74, 6) is -1.64. The van der Waals surface area contributed by atoms with Gasteiger partial charge in [-0.2, -0.15) is 0 Å². The van der Waals surface area contributed by atoms with Gasteiger partial charge in [0.25, 0.3) is 11.3 Å². The number of esters is 1. The number of methoxy groups -OCH3 is 1. The molecule has 0 aromatic heterocycles. The molecule has 1 aliphatic rings. The van der Waals surface area contributed by atoms with Crippen molar-refractivity contribution in [2.24, 2.45) is 5.92 Å². The van der Waals surface area contributed by atoms with Crippen LogP contribution in [-0.4, -0.2) is 38.7 Å². The molecule has 24 heavy (non-hydrogen) atoms. The molecule has 1 N–H and O–H groups in total. The lowest BCUT2D eigenvalue weighted by molar-refractivity contribution is -0.147. The molecule has 2 rings (SSSR count). The zero-order valence-corrected chi connectivity index (χ0v) is 14.2. The Hall–Kier alpha value is -2.19. The molecule has 1 amide bonds. The molecule has 0 spiro atoms. The SMILES string of the molecule is CCOC(=O)C[C@@H]1C(=O)N(S(=O)O)C=C[C@@H]1c1ccc(OC)cc1. The molecular weight excluding hydrogens is 334 g/mol. The number of carbonyl (C=O) groups excluding carboxylic acids is 2. The zero-order chi connectivity index (χ0) is 17.7. The third kappa shape index (κ3) is 4.01. The van der Waals surface area contributed by atoms with Crippen LogP contribution in [0.1, 0.15) is 24.8 Å². The topological polar surface area (TPSA) is 93.1 Å². The van der Waals surface area contributed by atoms with Crippen molar-refractivity contribution in [1.29, 1.82) is 0 Å². The molecule has 0 saturated heterocycles. The van der Waals surface area contributed by atoms with Crippen LogP contribution in [0.15, 0.2) is 36.5 Å². The molecule has 3 atom stereocenters. The average molecular weight is 353 g/mol. The van der Waals surface area contributed by atoms with Gasteiger partial charge in [-0.1, -0.05) is 18.2 Å². The van der Waals surface area contributed by atoms with E-state index in [0.29, 0.717) is 10.1 Å². The third-order valence-electron chi connectivity index (χ3n) is 3.76. The highest BCUT2D eigenvalue weighted by molar-refractivity contribution is 7.77. The number of hydrogen-bond acceptors (Lipinski definition) is 5. The first-order valence-electron chi connectivity index (χ1n) is 7.39. The summed E-state index contributed by atoms with van der Waals surface area (Å²) in [6.45, 7) is 1.88. The Morgan fingerprint density at radius 3 is 2.54 bits per heavy atom. The maximum absolute atomic E-state index is 12.5. The maximum Gasteiger partial charge on any atom is 0.306 e. The fourth-order valence-electron chi connectivity index (χ4n) is 2.61. The van der Waals surface area contributed by atoms with Gasteiger partial charge in [-0.15, -0.1) is 0 Å². The van der Waals surface area contributed by atoms with E-state index in [-0.39, 0.29) is 13.0 Å². The van der Waals surface area contributed by atoms with Crippen LogP contribution in [0, 0.1) is 5.92 Å². The minimum absolute atomic E-state index is 0.165. The highest BCUT2D eigenvalue weighted by Gasteiger charge is 2.38. The van der Waals surface area contributed by atoms with Gasteiger partial charge in [0.15, 0.2) is 0 Å². The minimum atomic E-state index is -2.47. The number of amides is 1. The van der Waals surface area contributed by atoms with E-state index >= 15 is 0 Å². The second-order valence-corrected chi connectivity index (χ2v) is 6.01. The van der Waals surface area contributed by atoms with Crippen molar-refractivity contribution in [2.45, 2.75) is 19.3 Å². The van der Waals surface area contributed by atoms with E-state index in [1.807, 2.05) is 0 Å².